The molecule has 0 aromatic carbocycles. The minimum absolute atomic E-state index is 0.0210. The Kier molecular flexibility index (Phi) is 24.1. The number of esters is 1. The Hall–Kier alpha value is -1.22. The van der Waals surface area contributed by atoms with Crippen molar-refractivity contribution in [2.75, 3.05) is 13.3 Å². The van der Waals surface area contributed by atoms with Crippen LogP contribution in [0.1, 0.15) is 160 Å². The zero-order valence-corrected chi connectivity index (χ0v) is 53.1. The molecule has 0 spiro atoms. The van der Waals surface area contributed by atoms with Gasteiger partial charge in [0.2, 0.25) is 0 Å². The highest BCUT2D eigenvalue weighted by atomic mass is 31.1. The first-order valence-electron chi connectivity index (χ1n) is 28.7. The SMILES string of the molecule is C=C=C(C)C[C@@H](C)CC[C@@H]1OC(CCC(O)/C=C/[C@H](C)[C@@H]2C[C@H]3CCC(CC(=O)O[C@@H]4[C@@H](C)[C@@H]5O[C@H](CCP=O)[C@H](P=O)C[C@@H]5O[C@H]4CC(C)OC)O[C@@H]3[C@H](O[Si](C)(C)C(C)(C)C)[C@@H]2O[Si](C)(C)C(C)(C)C)CC1=C. The molecule has 4 aliphatic heterocycles. The zero-order valence-electron chi connectivity index (χ0n) is 49.3. The van der Waals surface area contributed by atoms with Gasteiger partial charge in [0.05, 0.1) is 85.3 Å². The number of hydrogen-bond donors (Lipinski definition) is 1. The van der Waals surface area contributed by atoms with Crippen LogP contribution in [0.5, 0.6) is 0 Å². The summed E-state index contributed by atoms with van der Waals surface area (Å²) in [5.41, 5.74) is 5.11. The number of allylic oxidation sites excluding steroid dienone is 2. The highest BCUT2D eigenvalue weighted by molar-refractivity contribution is 7.25. The van der Waals surface area contributed by atoms with E-state index in [9.17, 15) is 19.0 Å². The van der Waals surface area contributed by atoms with E-state index in [4.69, 9.17) is 37.3 Å². The second-order valence-electron chi connectivity index (χ2n) is 26.7. The fourth-order valence-electron chi connectivity index (χ4n) is 11.8. The Morgan fingerprint density at radius 1 is 0.853 bits per heavy atom. The van der Waals surface area contributed by atoms with Crippen molar-refractivity contribution in [2.24, 2.45) is 29.6 Å². The van der Waals surface area contributed by atoms with Crippen LogP contribution >= 0.6 is 16.9 Å². The fourth-order valence-corrected chi connectivity index (χ4v) is 15.5. The molecular formula is C59H102O12P2Si2. The Morgan fingerprint density at radius 2 is 1.52 bits per heavy atom. The largest absolute Gasteiger partial charge is 0.459 e. The molecule has 0 amide bonds. The summed E-state index contributed by atoms with van der Waals surface area (Å²) < 4.78 is 78.2. The Balaban J connectivity index is 1.33. The summed E-state index contributed by atoms with van der Waals surface area (Å²) in [5, 5.41) is 11.3. The predicted octanol–water partition coefficient (Wildman–Crippen LogP) is 14.2. The van der Waals surface area contributed by atoms with Crippen molar-refractivity contribution in [3.05, 3.63) is 42.2 Å². The molecule has 0 bridgehead atoms. The van der Waals surface area contributed by atoms with Gasteiger partial charge in [-0.2, -0.15) is 0 Å². The van der Waals surface area contributed by atoms with E-state index < -0.39 is 34.9 Å². The van der Waals surface area contributed by atoms with Crippen molar-refractivity contribution in [3.63, 3.8) is 0 Å². The van der Waals surface area contributed by atoms with E-state index in [1.54, 1.807) is 7.11 Å². The Bertz CT molecular complexity index is 1960. The van der Waals surface area contributed by atoms with Crippen LogP contribution in [0.15, 0.2) is 42.2 Å². The molecule has 5 aliphatic rings. The quantitative estimate of drug-likeness (QED) is 0.0305. The molecule has 75 heavy (non-hydrogen) atoms. The first kappa shape index (κ1) is 64.6. The van der Waals surface area contributed by atoms with E-state index in [-0.39, 0.29) is 130 Å². The van der Waals surface area contributed by atoms with Crippen molar-refractivity contribution < 1.29 is 56.3 Å². The van der Waals surface area contributed by atoms with Crippen molar-refractivity contribution in [2.45, 2.75) is 281 Å². The molecule has 4 saturated heterocycles. The molecule has 5 fully saturated rings. The molecule has 1 saturated carbocycles. The van der Waals surface area contributed by atoms with E-state index in [1.807, 2.05) is 13.0 Å². The van der Waals surface area contributed by atoms with Crippen LogP contribution in [0.3, 0.4) is 0 Å². The van der Waals surface area contributed by atoms with Gasteiger partial charge in [-0.1, -0.05) is 87.6 Å². The summed E-state index contributed by atoms with van der Waals surface area (Å²) in [6.07, 6.45) is 9.97. The third-order valence-corrected chi connectivity index (χ3v) is 28.9. The maximum Gasteiger partial charge on any atom is 0.308 e. The maximum absolute atomic E-state index is 14.4. The Morgan fingerprint density at radius 3 is 2.13 bits per heavy atom. The molecule has 4 heterocycles. The van der Waals surface area contributed by atoms with Gasteiger partial charge in [-0.3, -0.25) is 13.9 Å². The number of carbonyl (C=O) groups is 1. The summed E-state index contributed by atoms with van der Waals surface area (Å²) in [7, 11) is -3.14. The summed E-state index contributed by atoms with van der Waals surface area (Å²) in [6, 6.07) is 0. The summed E-state index contributed by atoms with van der Waals surface area (Å²) in [5.74, 6) is 0.343. The van der Waals surface area contributed by atoms with Crippen LogP contribution in [-0.2, 0) is 51.2 Å². The van der Waals surface area contributed by atoms with Crippen LogP contribution in [-0.4, -0.2) is 126 Å². The van der Waals surface area contributed by atoms with E-state index in [1.165, 1.54) is 5.57 Å². The van der Waals surface area contributed by atoms with Crippen molar-refractivity contribution in [1.82, 2.24) is 0 Å². The monoisotopic (exact) mass is 1120 g/mol. The number of rotatable bonds is 25. The van der Waals surface area contributed by atoms with Gasteiger partial charge in [0.1, 0.15) is 6.10 Å². The maximum atomic E-state index is 14.4. The van der Waals surface area contributed by atoms with Crippen molar-refractivity contribution in [1.29, 1.82) is 0 Å². The van der Waals surface area contributed by atoms with E-state index in [2.05, 4.69) is 120 Å². The standard InChI is InChI=1S/C59H102O12P2Si2/c1-19-36(2)30-37(3)20-27-47-39(5)31-44(65-47)26-24-43(60)23-21-38(4)46-33-42-22-25-45(66-55(42)57(71-75(17,18)59(11,12)13)56(46)70-74(15,16)58(8,9)10)34-52(61)69-54-41(7)53-50(67-49(54)32-40(6)64-14)35-51(73-63)48(68-53)28-29-72-62/h21,23,37-38,40-51,53-57,60H,1,5,20,22,24-35H2,2-4,6-18H3/b23-21+/t37-,38-,40?,41-,42+,43?,44?,45?,46-,47-,48+,49-,50-,51+,53-,54+,55-,56+,57-/m0/s1. The fraction of sp³-hybridized carbons (Fsp3) is 0.864. The minimum atomic E-state index is -2.42. The number of fused-ring (bicyclic) bond motifs is 2. The van der Waals surface area contributed by atoms with Gasteiger partial charge in [0.15, 0.2) is 33.6 Å². The average Bonchev–Trinajstić information content (AvgIpc) is 3.70. The molecular weight excluding hydrogens is 1020 g/mol. The van der Waals surface area contributed by atoms with Gasteiger partial charge >= 0.3 is 5.97 Å². The number of ether oxygens (including phenoxy) is 6. The van der Waals surface area contributed by atoms with Crippen molar-refractivity contribution >= 4 is 39.5 Å². The lowest BCUT2D eigenvalue weighted by Gasteiger charge is -2.56. The summed E-state index contributed by atoms with van der Waals surface area (Å²) >= 11 is 0. The topological polar surface area (TPSA) is 145 Å². The van der Waals surface area contributed by atoms with E-state index in [0.29, 0.717) is 44.2 Å². The first-order valence-corrected chi connectivity index (χ1v) is 36.4. The zero-order chi connectivity index (χ0) is 55.8. The summed E-state index contributed by atoms with van der Waals surface area (Å²) in [6.45, 7) is 41.8. The lowest BCUT2D eigenvalue weighted by Crippen LogP contribution is -2.64. The van der Waals surface area contributed by atoms with Gasteiger partial charge in [-0.05, 0) is 156 Å². The number of carbonyl (C=O) groups excluding carboxylic acids is 1. The molecule has 1 N–H and O–H groups in total. The number of methoxy groups -OCH3 is 1. The number of hydrogen-bond acceptors (Lipinski definition) is 12. The van der Waals surface area contributed by atoms with Crippen LogP contribution in [0.4, 0.5) is 0 Å². The van der Waals surface area contributed by atoms with Crippen LogP contribution in [0.2, 0.25) is 36.3 Å². The second-order valence-corrected chi connectivity index (χ2v) is 37.8. The third kappa shape index (κ3) is 17.4. The van der Waals surface area contributed by atoms with Crippen LogP contribution in [0, 0.1) is 29.6 Å². The lowest BCUT2D eigenvalue weighted by atomic mass is 9.68. The van der Waals surface area contributed by atoms with Gasteiger partial charge in [-0.25, -0.2) is 0 Å². The molecule has 16 heteroatoms. The molecule has 19 atom stereocenters. The molecule has 4 unspecified atom stereocenters. The van der Waals surface area contributed by atoms with E-state index >= 15 is 0 Å². The molecule has 5 rings (SSSR count). The smallest absolute Gasteiger partial charge is 0.308 e. The molecule has 12 nitrogen and oxygen atoms in total. The molecule has 0 aromatic rings. The third-order valence-electron chi connectivity index (χ3n) is 18.7. The highest BCUT2D eigenvalue weighted by Crippen LogP contribution is 2.50. The Labute approximate surface area is 459 Å². The first-order chi connectivity index (χ1) is 35.0. The van der Waals surface area contributed by atoms with Crippen molar-refractivity contribution in [3.8, 4) is 0 Å². The van der Waals surface area contributed by atoms with Gasteiger partial charge in [0, 0.05) is 25.6 Å². The molecule has 1 aliphatic carbocycles. The van der Waals surface area contributed by atoms with Crippen LogP contribution < -0.4 is 0 Å². The molecule has 428 valence electrons. The van der Waals surface area contributed by atoms with Gasteiger partial charge in [-0.15, -0.1) is 5.73 Å². The molecule has 0 aromatic heterocycles. The van der Waals surface area contributed by atoms with Gasteiger partial charge in [0.25, 0.3) is 0 Å². The molecule has 0 radical (unpaired) electrons. The number of aliphatic hydroxyl groups excluding tert-OH is 1. The minimum Gasteiger partial charge on any atom is -0.459 e. The van der Waals surface area contributed by atoms with Crippen LogP contribution in [0.25, 0.3) is 0 Å². The predicted molar refractivity (Wildman–Crippen MR) is 306 cm³/mol. The number of aliphatic hydroxyl groups is 1. The highest BCUT2D eigenvalue weighted by Gasteiger charge is 2.56. The average molecular weight is 1120 g/mol. The van der Waals surface area contributed by atoms with E-state index in [0.717, 1.165) is 50.5 Å². The van der Waals surface area contributed by atoms with Gasteiger partial charge < -0.3 is 42.4 Å². The second kappa shape index (κ2) is 28.0. The lowest BCUT2D eigenvalue weighted by molar-refractivity contribution is -0.253. The normalized spacial score (nSPS) is 34.6. The summed E-state index contributed by atoms with van der Waals surface area (Å²) in [4.78, 5) is 14.4.